The molecule has 0 spiro atoms. The molecule has 0 fully saturated rings. The predicted octanol–water partition coefficient (Wildman–Crippen LogP) is 2.95. The Kier molecular flexibility index (Phi) is 4.90. The van der Waals surface area contributed by atoms with E-state index in [9.17, 15) is 9.59 Å². The van der Waals surface area contributed by atoms with Crippen molar-refractivity contribution in [3.8, 4) is 0 Å². The molecule has 5 heteroatoms. The Morgan fingerprint density at radius 1 is 1.15 bits per heavy atom. The fourth-order valence-corrected chi connectivity index (χ4v) is 2.37. The van der Waals surface area contributed by atoms with E-state index in [1.54, 1.807) is 30.3 Å². The van der Waals surface area contributed by atoms with E-state index in [4.69, 9.17) is 0 Å². The molecule has 0 atom stereocenters. The molecule has 0 bridgehead atoms. The van der Waals surface area contributed by atoms with Gasteiger partial charge in [-0.25, -0.2) is 5.01 Å². The molecule has 4 nitrogen and oxygen atoms in total. The maximum Gasteiger partial charge on any atom is 0.279 e. The number of carbonyl (C=O) groups excluding carboxylic acids is 2. The number of hydrogen-bond acceptors (Lipinski definition) is 3. The molecule has 1 aromatic carbocycles. The number of nitrogens with one attached hydrogen (secondary N) is 1. The number of benzene rings is 1. The van der Waals surface area contributed by atoms with Crippen LogP contribution in [0.15, 0.2) is 47.8 Å². The second-order valence-electron chi connectivity index (χ2n) is 4.24. The summed E-state index contributed by atoms with van der Waals surface area (Å²) >= 11 is 1.35. The van der Waals surface area contributed by atoms with Crippen LogP contribution in [-0.4, -0.2) is 23.4 Å². The van der Waals surface area contributed by atoms with Gasteiger partial charge in [0.05, 0.1) is 4.88 Å². The minimum Gasteiger partial charge on any atom is -0.267 e. The molecular weight excluding hydrogens is 272 g/mol. The Morgan fingerprint density at radius 2 is 1.90 bits per heavy atom. The van der Waals surface area contributed by atoms with Crippen LogP contribution in [0.4, 0.5) is 0 Å². The zero-order valence-corrected chi connectivity index (χ0v) is 12.0. The molecule has 0 unspecified atom stereocenters. The topological polar surface area (TPSA) is 49.4 Å². The van der Waals surface area contributed by atoms with Crippen LogP contribution in [0.1, 0.15) is 33.4 Å². The molecule has 2 aromatic rings. The lowest BCUT2D eigenvalue weighted by Crippen LogP contribution is -2.46. The average molecular weight is 288 g/mol. The first-order valence-corrected chi connectivity index (χ1v) is 7.31. The minimum atomic E-state index is -0.252. The molecule has 20 heavy (non-hydrogen) atoms. The second-order valence-corrected chi connectivity index (χ2v) is 5.19. The van der Waals surface area contributed by atoms with Gasteiger partial charge in [-0.3, -0.25) is 15.0 Å². The summed E-state index contributed by atoms with van der Waals surface area (Å²) in [6.45, 7) is 2.44. The molecule has 0 aliphatic rings. The first kappa shape index (κ1) is 14.3. The molecule has 104 valence electrons. The molecule has 0 saturated carbocycles. The molecule has 0 saturated heterocycles. The quantitative estimate of drug-likeness (QED) is 0.879. The molecule has 1 heterocycles. The number of hydrazine groups is 1. The van der Waals surface area contributed by atoms with Crippen LogP contribution in [0.5, 0.6) is 0 Å². The van der Waals surface area contributed by atoms with Crippen LogP contribution in [-0.2, 0) is 0 Å². The third-order valence-corrected chi connectivity index (χ3v) is 3.56. The van der Waals surface area contributed by atoms with Crippen molar-refractivity contribution in [1.29, 1.82) is 0 Å². The Morgan fingerprint density at radius 3 is 2.50 bits per heavy atom. The third-order valence-electron chi connectivity index (χ3n) is 2.69. The van der Waals surface area contributed by atoms with Crippen LogP contribution in [0.2, 0.25) is 0 Å². The highest BCUT2D eigenvalue weighted by Crippen LogP contribution is 2.09. The maximum atomic E-state index is 12.4. The summed E-state index contributed by atoms with van der Waals surface area (Å²) in [6.07, 6.45) is 0.767. The highest BCUT2D eigenvalue weighted by Gasteiger charge is 2.18. The van der Waals surface area contributed by atoms with E-state index < -0.39 is 0 Å². The first-order chi connectivity index (χ1) is 9.72. The Balaban J connectivity index is 2.11. The van der Waals surface area contributed by atoms with Gasteiger partial charge in [0.25, 0.3) is 11.8 Å². The zero-order valence-electron chi connectivity index (χ0n) is 11.2. The second kappa shape index (κ2) is 6.86. The summed E-state index contributed by atoms with van der Waals surface area (Å²) < 4.78 is 0. The molecule has 0 aliphatic heterocycles. The first-order valence-electron chi connectivity index (χ1n) is 6.43. The van der Waals surface area contributed by atoms with Gasteiger partial charge in [-0.2, -0.15) is 0 Å². The van der Waals surface area contributed by atoms with Crippen molar-refractivity contribution in [2.45, 2.75) is 13.3 Å². The molecule has 2 rings (SSSR count). The van der Waals surface area contributed by atoms with E-state index in [-0.39, 0.29) is 11.8 Å². The van der Waals surface area contributed by atoms with Gasteiger partial charge in [0, 0.05) is 12.1 Å². The van der Waals surface area contributed by atoms with Gasteiger partial charge in [-0.1, -0.05) is 31.2 Å². The third kappa shape index (κ3) is 3.45. The highest BCUT2D eigenvalue weighted by atomic mass is 32.1. The summed E-state index contributed by atoms with van der Waals surface area (Å²) in [5.41, 5.74) is 3.24. The van der Waals surface area contributed by atoms with Crippen LogP contribution >= 0.6 is 11.3 Å². The monoisotopic (exact) mass is 288 g/mol. The van der Waals surface area contributed by atoms with Gasteiger partial charge in [0.15, 0.2) is 0 Å². The fraction of sp³-hybridized carbons (Fsp3) is 0.200. The van der Waals surface area contributed by atoms with E-state index in [1.165, 1.54) is 16.3 Å². The number of carbonyl (C=O) groups is 2. The summed E-state index contributed by atoms with van der Waals surface area (Å²) in [6, 6.07) is 12.5. The number of amides is 2. The lowest BCUT2D eigenvalue weighted by molar-refractivity contribution is 0.0585. The fourth-order valence-electron chi connectivity index (χ4n) is 1.75. The van der Waals surface area contributed by atoms with Gasteiger partial charge in [0.1, 0.15) is 0 Å². The predicted molar refractivity (Wildman–Crippen MR) is 79.6 cm³/mol. The standard InChI is InChI=1S/C15H16N2O2S/c1-2-10-17(15(19)12-7-4-3-5-8-12)16-14(18)13-9-6-11-20-13/h3-9,11H,2,10H2,1H3,(H,16,18). The van der Waals surface area contributed by atoms with Gasteiger partial charge in [-0.15, -0.1) is 11.3 Å². The number of rotatable bonds is 4. The van der Waals surface area contributed by atoms with Crippen molar-refractivity contribution in [3.63, 3.8) is 0 Å². The van der Waals surface area contributed by atoms with E-state index in [0.717, 1.165) is 6.42 Å². The van der Waals surface area contributed by atoms with Crippen molar-refractivity contribution >= 4 is 23.2 Å². The lowest BCUT2D eigenvalue weighted by Gasteiger charge is -2.22. The van der Waals surface area contributed by atoms with Crippen LogP contribution in [0, 0.1) is 0 Å². The van der Waals surface area contributed by atoms with Crippen molar-refractivity contribution in [3.05, 3.63) is 58.3 Å². The normalized spacial score (nSPS) is 10.1. The highest BCUT2D eigenvalue weighted by molar-refractivity contribution is 7.12. The largest absolute Gasteiger partial charge is 0.279 e. The van der Waals surface area contributed by atoms with Crippen molar-refractivity contribution in [2.75, 3.05) is 6.54 Å². The SMILES string of the molecule is CCCN(NC(=O)c1cccs1)C(=O)c1ccccc1. The maximum absolute atomic E-state index is 12.4. The molecule has 0 radical (unpaired) electrons. The smallest absolute Gasteiger partial charge is 0.267 e. The van der Waals surface area contributed by atoms with Crippen molar-refractivity contribution in [1.82, 2.24) is 10.4 Å². The summed E-state index contributed by atoms with van der Waals surface area (Å²) in [7, 11) is 0. The van der Waals surface area contributed by atoms with Crippen LogP contribution in [0.25, 0.3) is 0 Å². The molecule has 2 amide bonds. The zero-order chi connectivity index (χ0) is 14.4. The van der Waals surface area contributed by atoms with Gasteiger partial charge in [-0.05, 0) is 30.0 Å². The summed E-state index contributed by atoms with van der Waals surface area (Å²) in [5, 5.41) is 3.20. The molecule has 0 aliphatic carbocycles. The molecule has 1 aromatic heterocycles. The van der Waals surface area contributed by atoms with Gasteiger partial charge >= 0.3 is 0 Å². The van der Waals surface area contributed by atoms with Gasteiger partial charge in [0.2, 0.25) is 0 Å². The molecular formula is C15H16N2O2S. The lowest BCUT2D eigenvalue weighted by atomic mass is 10.2. The molecule has 1 N–H and O–H groups in total. The average Bonchev–Trinajstić information content (AvgIpc) is 3.01. The summed E-state index contributed by atoms with van der Waals surface area (Å²) in [4.78, 5) is 25.0. The number of thiophene rings is 1. The van der Waals surface area contributed by atoms with E-state index in [1.807, 2.05) is 24.4 Å². The van der Waals surface area contributed by atoms with E-state index in [2.05, 4.69) is 5.43 Å². The Hall–Kier alpha value is -2.14. The Bertz CT molecular complexity index is 567. The minimum absolute atomic E-state index is 0.197. The van der Waals surface area contributed by atoms with Crippen LogP contribution < -0.4 is 5.43 Å². The van der Waals surface area contributed by atoms with Gasteiger partial charge < -0.3 is 0 Å². The Labute approximate surface area is 122 Å². The van der Waals surface area contributed by atoms with Crippen molar-refractivity contribution < 1.29 is 9.59 Å². The van der Waals surface area contributed by atoms with Crippen molar-refractivity contribution in [2.24, 2.45) is 0 Å². The van der Waals surface area contributed by atoms with Crippen LogP contribution in [0.3, 0.4) is 0 Å². The number of hydrogen-bond donors (Lipinski definition) is 1. The number of nitrogens with zero attached hydrogens (tertiary/aromatic N) is 1. The van der Waals surface area contributed by atoms with E-state index >= 15 is 0 Å². The summed E-state index contributed by atoms with van der Waals surface area (Å²) in [5.74, 6) is -0.449. The van der Waals surface area contributed by atoms with E-state index in [0.29, 0.717) is 17.0 Å².